The van der Waals surface area contributed by atoms with Gasteiger partial charge in [0, 0.05) is 23.6 Å². The molecule has 1 aliphatic heterocycles. The van der Waals surface area contributed by atoms with E-state index in [1.165, 1.54) is 23.1 Å². The van der Waals surface area contributed by atoms with Crippen LogP contribution in [0.2, 0.25) is 5.02 Å². The number of methoxy groups -OCH3 is 2. The SMILES string of the molecule is COc1cc(NC(=O)CN2CCc3sccc3[C@@H]2c2ccccc2)c(OC)cc1Cl. The number of hydrogen-bond acceptors (Lipinski definition) is 5. The Balaban J connectivity index is 1.57. The molecule has 0 unspecified atom stereocenters. The van der Waals surface area contributed by atoms with E-state index in [0.29, 0.717) is 22.2 Å². The molecule has 5 nitrogen and oxygen atoms in total. The fraction of sp³-hybridized carbons (Fsp3) is 0.261. The normalized spacial score (nSPS) is 16.0. The van der Waals surface area contributed by atoms with Gasteiger partial charge in [-0.1, -0.05) is 41.9 Å². The van der Waals surface area contributed by atoms with Gasteiger partial charge in [-0.15, -0.1) is 11.3 Å². The highest BCUT2D eigenvalue weighted by Crippen LogP contribution is 2.38. The number of fused-ring (bicyclic) bond motifs is 1. The Hall–Kier alpha value is -2.54. The largest absolute Gasteiger partial charge is 0.495 e. The number of rotatable bonds is 6. The van der Waals surface area contributed by atoms with E-state index in [-0.39, 0.29) is 18.5 Å². The summed E-state index contributed by atoms with van der Waals surface area (Å²) in [7, 11) is 3.08. The summed E-state index contributed by atoms with van der Waals surface area (Å²) in [4.78, 5) is 16.6. The predicted octanol–water partition coefficient (Wildman–Crippen LogP) is 5.00. The van der Waals surface area contributed by atoms with E-state index in [9.17, 15) is 4.79 Å². The Bertz CT molecular complexity index is 1040. The third kappa shape index (κ3) is 4.17. The first-order valence-corrected chi connectivity index (χ1v) is 10.9. The van der Waals surface area contributed by atoms with E-state index in [2.05, 4.69) is 33.8 Å². The third-order valence-corrected chi connectivity index (χ3v) is 6.57. The van der Waals surface area contributed by atoms with Crippen LogP contribution in [0, 0.1) is 0 Å². The first-order chi connectivity index (χ1) is 14.6. The number of halogens is 1. The fourth-order valence-electron chi connectivity index (χ4n) is 3.90. The van der Waals surface area contributed by atoms with Crippen molar-refractivity contribution in [1.29, 1.82) is 0 Å². The van der Waals surface area contributed by atoms with Crippen molar-refractivity contribution in [2.24, 2.45) is 0 Å². The minimum atomic E-state index is -0.114. The van der Waals surface area contributed by atoms with Gasteiger partial charge >= 0.3 is 0 Å². The van der Waals surface area contributed by atoms with Crippen molar-refractivity contribution >= 4 is 34.5 Å². The lowest BCUT2D eigenvalue weighted by Crippen LogP contribution is -2.40. The van der Waals surface area contributed by atoms with E-state index in [1.807, 2.05) is 18.2 Å². The summed E-state index contributed by atoms with van der Waals surface area (Å²) in [5.74, 6) is 0.862. The second kappa shape index (κ2) is 9.08. The smallest absolute Gasteiger partial charge is 0.238 e. The molecule has 1 aliphatic rings. The molecule has 0 aliphatic carbocycles. The lowest BCUT2D eigenvalue weighted by atomic mass is 9.93. The molecule has 156 valence electrons. The first kappa shape index (κ1) is 20.7. The Kier molecular flexibility index (Phi) is 6.27. The van der Waals surface area contributed by atoms with Crippen LogP contribution in [0.25, 0.3) is 0 Å². The molecular formula is C23H23ClN2O3S. The summed E-state index contributed by atoms with van der Waals surface area (Å²) in [5.41, 5.74) is 3.01. The zero-order chi connectivity index (χ0) is 21.1. The Morgan fingerprint density at radius 3 is 2.67 bits per heavy atom. The van der Waals surface area contributed by atoms with Gasteiger partial charge < -0.3 is 14.8 Å². The summed E-state index contributed by atoms with van der Waals surface area (Å²) >= 11 is 7.96. The Labute approximate surface area is 185 Å². The zero-order valence-corrected chi connectivity index (χ0v) is 18.4. The van der Waals surface area contributed by atoms with Crippen LogP contribution in [0.1, 0.15) is 22.0 Å². The Morgan fingerprint density at radius 1 is 1.17 bits per heavy atom. The molecule has 0 fully saturated rings. The molecule has 0 radical (unpaired) electrons. The van der Waals surface area contributed by atoms with Crippen molar-refractivity contribution in [3.8, 4) is 11.5 Å². The van der Waals surface area contributed by atoms with Gasteiger partial charge in [0.2, 0.25) is 5.91 Å². The van der Waals surface area contributed by atoms with E-state index in [1.54, 1.807) is 30.6 Å². The second-order valence-corrected chi connectivity index (χ2v) is 8.48. The highest BCUT2D eigenvalue weighted by atomic mass is 35.5. The maximum Gasteiger partial charge on any atom is 0.238 e. The van der Waals surface area contributed by atoms with E-state index in [0.717, 1.165) is 13.0 Å². The summed E-state index contributed by atoms with van der Waals surface area (Å²) < 4.78 is 10.6. The number of hydrogen-bond donors (Lipinski definition) is 1. The number of carbonyl (C=O) groups excluding carboxylic acids is 1. The molecule has 0 saturated carbocycles. The van der Waals surface area contributed by atoms with E-state index in [4.69, 9.17) is 21.1 Å². The molecule has 1 amide bonds. The maximum absolute atomic E-state index is 13.0. The number of ether oxygens (including phenoxy) is 2. The van der Waals surface area contributed by atoms with Crippen LogP contribution in [0.15, 0.2) is 53.9 Å². The molecule has 0 saturated heterocycles. The van der Waals surface area contributed by atoms with Gasteiger partial charge in [0.15, 0.2) is 0 Å². The zero-order valence-electron chi connectivity index (χ0n) is 16.9. The lowest BCUT2D eigenvalue weighted by molar-refractivity contribution is -0.117. The lowest BCUT2D eigenvalue weighted by Gasteiger charge is -2.35. The van der Waals surface area contributed by atoms with Crippen LogP contribution < -0.4 is 14.8 Å². The number of nitrogens with zero attached hydrogens (tertiary/aromatic N) is 1. The predicted molar refractivity (Wildman–Crippen MR) is 121 cm³/mol. The second-order valence-electron chi connectivity index (χ2n) is 7.07. The summed E-state index contributed by atoms with van der Waals surface area (Å²) in [5, 5.41) is 5.52. The highest BCUT2D eigenvalue weighted by molar-refractivity contribution is 7.10. The number of nitrogens with one attached hydrogen (secondary N) is 1. The molecule has 1 atom stereocenters. The van der Waals surface area contributed by atoms with Crippen LogP contribution in [0.4, 0.5) is 5.69 Å². The van der Waals surface area contributed by atoms with Crippen LogP contribution in [0.5, 0.6) is 11.5 Å². The number of thiophene rings is 1. The molecule has 2 aromatic carbocycles. The van der Waals surface area contributed by atoms with Crippen molar-refractivity contribution < 1.29 is 14.3 Å². The van der Waals surface area contributed by atoms with Gasteiger partial charge in [0.05, 0.1) is 37.5 Å². The van der Waals surface area contributed by atoms with Crippen molar-refractivity contribution in [1.82, 2.24) is 4.90 Å². The van der Waals surface area contributed by atoms with E-state index < -0.39 is 0 Å². The minimum Gasteiger partial charge on any atom is -0.495 e. The van der Waals surface area contributed by atoms with Crippen molar-refractivity contribution in [2.45, 2.75) is 12.5 Å². The summed E-state index contributed by atoms with van der Waals surface area (Å²) in [6.45, 7) is 1.09. The average Bonchev–Trinajstić information content (AvgIpc) is 3.23. The molecule has 1 N–H and O–H groups in total. The van der Waals surface area contributed by atoms with Crippen LogP contribution in [-0.4, -0.2) is 38.1 Å². The van der Waals surface area contributed by atoms with Crippen molar-refractivity contribution in [3.05, 3.63) is 74.9 Å². The molecule has 3 aromatic rings. The molecule has 4 rings (SSSR count). The molecular weight excluding hydrogens is 420 g/mol. The fourth-order valence-corrected chi connectivity index (χ4v) is 5.03. The molecule has 1 aromatic heterocycles. The quantitative estimate of drug-likeness (QED) is 0.583. The molecule has 2 heterocycles. The number of anilines is 1. The standard InChI is InChI=1S/C23H23ClN2O3S/c1-28-19-13-18(20(29-2)12-17(19)24)25-22(27)14-26-10-8-21-16(9-11-30-21)23(26)15-6-4-3-5-7-15/h3-7,9,11-13,23H,8,10,14H2,1-2H3,(H,25,27)/t23-/m0/s1. The summed E-state index contributed by atoms with van der Waals surface area (Å²) in [6.07, 6.45) is 0.946. The van der Waals surface area contributed by atoms with Gasteiger partial charge in [0.1, 0.15) is 11.5 Å². The minimum absolute atomic E-state index is 0.0635. The van der Waals surface area contributed by atoms with Gasteiger partial charge in [-0.2, -0.15) is 0 Å². The van der Waals surface area contributed by atoms with Crippen LogP contribution in [-0.2, 0) is 11.2 Å². The number of benzene rings is 2. The number of amides is 1. The van der Waals surface area contributed by atoms with Gasteiger partial charge in [0.25, 0.3) is 0 Å². The third-order valence-electron chi connectivity index (χ3n) is 5.28. The first-order valence-electron chi connectivity index (χ1n) is 9.67. The van der Waals surface area contributed by atoms with Gasteiger partial charge in [-0.3, -0.25) is 9.69 Å². The van der Waals surface area contributed by atoms with Crippen molar-refractivity contribution in [2.75, 3.05) is 32.6 Å². The maximum atomic E-state index is 13.0. The molecule has 7 heteroatoms. The number of carbonyl (C=O) groups is 1. The monoisotopic (exact) mass is 442 g/mol. The van der Waals surface area contributed by atoms with Gasteiger partial charge in [-0.05, 0) is 29.0 Å². The van der Waals surface area contributed by atoms with Gasteiger partial charge in [-0.25, -0.2) is 0 Å². The molecule has 30 heavy (non-hydrogen) atoms. The average molecular weight is 443 g/mol. The van der Waals surface area contributed by atoms with Crippen LogP contribution >= 0.6 is 22.9 Å². The van der Waals surface area contributed by atoms with Crippen LogP contribution in [0.3, 0.4) is 0 Å². The highest BCUT2D eigenvalue weighted by Gasteiger charge is 2.30. The van der Waals surface area contributed by atoms with Crippen molar-refractivity contribution in [3.63, 3.8) is 0 Å². The summed E-state index contributed by atoms with van der Waals surface area (Å²) in [6, 6.07) is 15.9. The molecule has 0 bridgehead atoms. The topological polar surface area (TPSA) is 50.8 Å². The molecule has 0 spiro atoms. The Morgan fingerprint density at radius 2 is 1.93 bits per heavy atom. The van der Waals surface area contributed by atoms with E-state index >= 15 is 0 Å².